The molecule has 2 aromatic heterocycles. The summed E-state index contributed by atoms with van der Waals surface area (Å²) in [5.74, 6) is 2.51. The summed E-state index contributed by atoms with van der Waals surface area (Å²) in [4.78, 5) is 46.2. The molecule has 2 N–H and O–H groups in total. The van der Waals surface area contributed by atoms with Gasteiger partial charge in [-0.15, -0.1) is 0 Å². The number of halogens is 6. The van der Waals surface area contributed by atoms with E-state index < -0.39 is 23.5 Å². The van der Waals surface area contributed by atoms with Gasteiger partial charge in [-0.1, -0.05) is 24.3 Å². The minimum atomic E-state index is -4.45. The first kappa shape index (κ1) is 48.0. The number of alkyl halides is 6. The summed E-state index contributed by atoms with van der Waals surface area (Å²) in [5.41, 5.74) is -0.726. The van der Waals surface area contributed by atoms with Gasteiger partial charge in [0.2, 0.25) is 0 Å². The van der Waals surface area contributed by atoms with Gasteiger partial charge in [0, 0.05) is 61.9 Å². The Labute approximate surface area is 391 Å². The second-order valence-corrected chi connectivity index (χ2v) is 19.3. The highest BCUT2D eigenvalue weighted by molar-refractivity contribution is 5.93. The highest BCUT2D eigenvalue weighted by Gasteiger charge is 2.39. The number of rotatable bonds is 14. The molecule has 10 rings (SSSR count). The minimum Gasteiger partial charge on any atom is -0.370 e. The summed E-state index contributed by atoms with van der Waals surface area (Å²) < 4.78 is 90.0. The van der Waals surface area contributed by atoms with Crippen LogP contribution in [0.3, 0.4) is 0 Å². The Hall–Kier alpha value is -5.04. The number of hydrogen-bond acceptors (Lipinski definition) is 12. The third-order valence-electron chi connectivity index (χ3n) is 14.7. The molecule has 18 heteroatoms. The number of nitrogens with zero attached hydrogens (tertiary/aromatic N) is 6. The number of anilines is 2. The number of ether oxygens (including phenoxy) is 2. The maximum atomic E-state index is 13.1. The monoisotopic (exact) mass is 948 g/mol. The average Bonchev–Trinajstić information content (AvgIpc) is 4.06. The van der Waals surface area contributed by atoms with E-state index in [0.29, 0.717) is 71.8 Å². The molecule has 4 aromatic rings. The Balaban J connectivity index is 0.000000170. The second-order valence-electron chi connectivity index (χ2n) is 19.3. The van der Waals surface area contributed by atoms with Crippen LogP contribution >= 0.6 is 0 Å². The fourth-order valence-corrected chi connectivity index (χ4v) is 11.0. The molecule has 4 fully saturated rings. The van der Waals surface area contributed by atoms with Crippen molar-refractivity contribution in [2.45, 2.75) is 101 Å². The van der Waals surface area contributed by atoms with Crippen molar-refractivity contribution in [3.05, 3.63) is 84.5 Å². The van der Waals surface area contributed by atoms with E-state index in [2.05, 4.69) is 64.7 Å². The molecule has 0 bridgehead atoms. The Morgan fingerprint density at radius 2 is 0.971 bits per heavy atom. The molecule has 2 unspecified atom stereocenters. The Morgan fingerprint density at radius 3 is 1.32 bits per heavy atom. The zero-order valence-corrected chi connectivity index (χ0v) is 37.9. The molecule has 2 atom stereocenters. The van der Waals surface area contributed by atoms with Crippen molar-refractivity contribution in [3.8, 4) is 0 Å². The number of carbonyl (C=O) groups excluding carboxylic acids is 2. The highest BCUT2D eigenvalue weighted by atomic mass is 19.4. The van der Waals surface area contributed by atoms with Crippen molar-refractivity contribution >= 4 is 45.0 Å². The molecule has 6 aliphatic rings. The summed E-state index contributed by atoms with van der Waals surface area (Å²) in [6, 6.07) is 7.88. The normalized spacial score (nSPS) is 26.0. The summed E-state index contributed by atoms with van der Waals surface area (Å²) in [5, 5.41) is 6.37. The zero-order chi connectivity index (χ0) is 47.4. The summed E-state index contributed by atoms with van der Waals surface area (Å²) in [6.45, 7) is 5.31. The fraction of sp³-hybridized carbons (Fsp3) is 0.560. The third-order valence-corrected chi connectivity index (χ3v) is 14.7. The van der Waals surface area contributed by atoms with Crippen LogP contribution in [0.1, 0.15) is 75.3 Å². The molecule has 2 aromatic carbocycles. The van der Waals surface area contributed by atoms with Gasteiger partial charge in [-0.3, -0.25) is 19.4 Å². The molecule has 12 nitrogen and oxygen atoms in total. The zero-order valence-electron chi connectivity index (χ0n) is 37.9. The molecule has 6 heterocycles. The standard InChI is InChI=1S/2C25H29F3N4O2/c2*26-25(27,28)18-5-8-22-21(11-18)24(31-15-30-22)29-12-20(33)10-16-13-32(14-16)19-6-3-17(4-7-19)23-2-1-9-34-23/h2*1-2,5,8,11,15-17,19,23H,3-4,6-7,9-10,12-14H2,(H,29,30,31). The molecular formula is C50H58F6N8O4. The first-order chi connectivity index (χ1) is 32.7. The van der Waals surface area contributed by atoms with Gasteiger partial charge in [0.1, 0.15) is 24.3 Å². The number of benzene rings is 2. The highest BCUT2D eigenvalue weighted by Crippen LogP contribution is 2.38. The molecule has 2 saturated heterocycles. The van der Waals surface area contributed by atoms with Crippen molar-refractivity contribution in [2.24, 2.45) is 23.7 Å². The molecular weight excluding hydrogens is 891 g/mol. The van der Waals surface area contributed by atoms with Crippen LogP contribution in [0.15, 0.2) is 73.4 Å². The van der Waals surface area contributed by atoms with E-state index in [9.17, 15) is 35.9 Å². The lowest BCUT2D eigenvalue weighted by Crippen LogP contribution is -2.53. The topological polar surface area (TPSA) is 135 Å². The van der Waals surface area contributed by atoms with E-state index in [1.54, 1.807) is 0 Å². The lowest BCUT2D eigenvalue weighted by molar-refractivity contribution is -0.138. The molecule has 68 heavy (non-hydrogen) atoms. The number of fused-ring (bicyclic) bond motifs is 2. The number of nitrogens with one attached hydrogen (secondary N) is 2. The number of Topliss-reactive ketones (excluding diaryl/α,β-unsaturated/α-hetero) is 2. The third kappa shape index (κ3) is 11.7. The fourth-order valence-electron chi connectivity index (χ4n) is 11.0. The van der Waals surface area contributed by atoms with Crippen molar-refractivity contribution in [1.29, 1.82) is 0 Å². The van der Waals surface area contributed by atoms with E-state index in [1.165, 1.54) is 76.2 Å². The molecule has 2 saturated carbocycles. The Morgan fingerprint density at radius 1 is 0.574 bits per heavy atom. The number of likely N-dealkylation sites (tertiary alicyclic amines) is 2. The minimum absolute atomic E-state index is 0.0391. The Bertz CT molecular complexity index is 2290. The van der Waals surface area contributed by atoms with Crippen LogP contribution in [0.2, 0.25) is 0 Å². The summed E-state index contributed by atoms with van der Waals surface area (Å²) >= 11 is 0. The summed E-state index contributed by atoms with van der Waals surface area (Å²) in [7, 11) is 0. The molecule has 0 amide bonds. The van der Waals surface area contributed by atoms with Crippen molar-refractivity contribution in [1.82, 2.24) is 29.7 Å². The number of ketones is 2. The molecule has 4 aliphatic heterocycles. The van der Waals surface area contributed by atoms with Gasteiger partial charge < -0.3 is 20.1 Å². The SMILES string of the molecule is O=C(CNc1ncnc2ccc(C(F)(F)F)cc12)CC1CN(C2CCC(C3C=CCO3)CC2)C1.O=C(CNc1ncnc2ccc(C(F)(F)F)cc12)CC1CN(C2CCC(C3C=CCO3)CC2)C1. The van der Waals surface area contributed by atoms with Crippen LogP contribution in [-0.2, 0) is 31.4 Å². The van der Waals surface area contributed by atoms with E-state index in [4.69, 9.17) is 9.47 Å². The van der Waals surface area contributed by atoms with Gasteiger partial charge in [-0.2, -0.15) is 26.3 Å². The van der Waals surface area contributed by atoms with Gasteiger partial charge in [0.15, 0.2) is 11.6 Å². The van der Waals surface area contributed by atoms with Gasteiger partial charge in [-0.05, 0) is 111 Å². The van der Waals surface area contributed by atoms with E-state index in [0.717, 1.165) is 63.7 Å². The number of aromatic nitrogens is 4. The van der Waals surface area contributed by atoms with Crippen LogP contribution < -0.4 is 10.6 Å². The first-order valence-electron chi connectivity index (χ1n) is 23.9. The number of hydrogen-bond donors (Lipinski definition) is 2. The number of carbonyl (C=O) groups is 2. The molecule has 364 valence electrons. The van der Waals surface area contributed by atoms with Gasteiger partial charge >= 0.3 is 12.4 Å². The van der Waals surface area contributed by atoms with Gasteiger partial charge in [-0.25, -0.2) is 19.9 Å². The van der Waals surface area contributed by atoms with Crippen molar-refractivity contribution in [3.63, 3.8) is 0 Å². The van der Waals surface area contributed by atoms with E-state index in [-0.39, 0.29) is 47.1 Å². The maximum absolute atomic E-state index is 13.1. The van der Waals surface area contributed by atoms with Crippen LogP contribution in [0.25, 0.3) is 21.8 Å². The average molecular weight is 949 g/mol. The lowest BCUT2D eigenvalue weighted by atomic mass is 9.80. The van der Waals surface area contributed by atoms with Gasteiger partial charge in [0.25, 0.3) is 0 Å². The van der Waals surface area contributed by atoms with Gasteiger partial charge in [0.05, 0.1) is 60.7 Å². The van der Waals surface area contributed by atoms with E-state index >= 15 is 0 Å². The molecule has 0 spiro atoms. The van der Waals surface area contributed by atoms with Crippen LogP contribution in [0, 0.1) is 23.7 Å². The van der Waals surface area contributed by atoms with Crippen LogP contribution in [-0.4, -0.2) is 118 Å². The molecule has 2 aliphatic carbocycles. The van der Waals surface area contributed by atoms with Crippen LogP contribution in [0.5, 0.6) is 0 Å². The van der Waals surface area contributed by atoms with E-state index in [1.807, 2.05) is 0 Å². The quantitative estimate of drug-likeness (QED) is 0.0924. The largest absolute Gasteiger partial charge is 0.416 e. The smallest absolute Gasteiger partial charge is 0.370 e. The van der Waals surface area contributed by atoms with Crippen LogP contribution in [0.4, 0.5) is 38.0 Å². The lowest BCUT2D eigenvalue weighted by Gasteiger charge is -2.47. The van der Waals surface area contributed by atoms with Crippen molar-refractivity contribution in [2.75, 3.05) is 63.1 Å². The second kappa shape index (κ2) is 20.9. The Kier molecular flexibility index (Phi) is 14.8. The predicted octanol–water partition coefficient (Wildman–Crippen LogP) is 8.93. The van der Waals surface area contributed by atoms with Crippen molar-refractivity contribution < 1.29 is 45.4 Å². The summed E-state index contributed by atoms with van der Waals surface area (Å²) in [6.07, 6.45) is 13.3. The molecule has 0 radical (unpaired) electrons. The first-order valence-corrected chi connectivity index (χ1v) is 23.9. The maximum Gasteiger partial charge on any atom is 0.416 e. The predicted molar refractivity (Wildman–Crippen MR) is 245 cm³/mol.